The van der Waals surface area contributed by atoms with E-state index in [1.165, 1.54) is 6.92 Å². The monoisotopic (exact) mass is 216 g/mol. The fourth-order valence-electron chi connectivity index (χ4n) is 1.45. The molecule has 0 saturated carbocycles. The Hall–Kier alpha value is -1.14. The normalized spacial score (nSPS) is 22.6. The van der Waals surface area contributed by atoms with Crippen LogP contribution >= 0.6 is 0 Å². The predicted octanol–water partition coefficient (Wildman–Crippen LogP) is -1.40. The van der Waals surface area contributed by atoms with Gasteiger partial charge in [-0.25, -0.2) is 4.79 Å². The van der Waals surface area contributed by atoms with E-state index in [0.29, 0.717) is 13.1 Å². The minimum absolute atomic E-state index is 0.0259. The summed E-state index contributed by atoms with van der Waals surface area (Å²) in [6, 6.07) is 0. The molecule has 1 saturated heterocycles. The van der Waals surface area contributed by atoms with Crippen LogP contribution in [0, 0.1) is 0 Å². The first kappa shape index (κ1) is 11.9. The number of hydrogen-bond acceptors (Lipinski definition) is 4. The van der Waals surface area contributed by atoms with Gasteiger partial charge >= 0.3 is 5.97 Å². The van der Waals surface area contributed by atoms with Crippen LogP contribution in [0.2, 0.25) is 0 Å². The summed E-state index contributed by atoms with van der Waals surface area (Å²) in [5.41, 5.74) is -1.80. The Kier molecular flexibility index (Phi) is 3.31. The van der Waals surface area contributed by atoms with E-state index in [2.05, 4.69) is 0 Å². The molecule has 1 aliphatic rings. The Morgan fingerprint density at radius 2 is 2.13 bits per heavy atom. The molecule has 0 aliphatic carbocycles. The van der Waals surface area contributed by atoms with Gasteiger partial charge in [0, 0.05) is 26.7 Å². The van der Waals surface area contributed by atoms with Crippen molar-refractivity contribution in [2.45, 2.75) is 12.5 Å². The number of carboxylic acid groups (broad SMARTS) is 1. The molecule has 15 heavy (non-hydrogen) atoms. The lowest BCUT2D eigenvalue weighted by Gasteiger charge is -2.34. The van der Waals surface area contributed by atoms with Crippen LogP contribution in [0.25, 0.3) is 0 Å². The van der Waals surface area contributed by atoms with E-state index in [4.69, 9.17) is 5.11 Å². The van der Waals surface area contributed by atoms with Gasteiger partial charge in [0.25, 0.3) is 0 Å². The molecule has 1 fully saturated rings. The fourth-order valence-corrected chi connectivity index (χ4v) is 1.45. The zero-order valence-corrected chi connectivity index (χ0v) is 8.93. The van der Waals surface area contributed by atoms with Crippen molar-refractivity contribution in [1.82, 2.24) is 9.80 Å². The molecule has 1 heterocycles. The molecule has 1 unspecified atom stereocenters. The summed E-state index contributed by atoms with van der Waals surface area (Å²) in [7, 11) is 1.70. The standard InChI is InChI=1S/C9H16N2O4/c1-9(15,8(13)14)6-11-4-3-10(2)7(12)5-11/h15H,3-6H2,1-2H3,(H,13,14). The zero-order chi connectivity index (χ0) is 11.6. The number of hydrogen-bond donors (Lipinski definition) is 2. The van der Waals surface area contributed by atoms with Crippen LogP contribution in [0.1, 0.15) is 6.92 Å². The molecule has 1 aliphatic heterocycles. The molecular weight excluding hydrogens is 200 g/mol. The number of aliphatic carboxylic acids is 1. The number of piperazine rings is 1. The van der Waals surface area contributed by atoms with Gasteiger partial charge in [0.1, 0.15) is 0 Å². The molecular formula is C9H16N2O4. The summed E-state index contributed by atoms with van der Waals surface area (Å²) in [5.74, 6) is -1.32. The third-order valence-electron chi connectivity index (χ3n) is 2.53. The lowest BCUT2D eigenvalue weighted by atomic mass is 10.1. The Labute approximate surface area is 88.1 Å². The number of carboxylic acids is 1. The van der Waals surface area contributed by atoms with Crippen molar-refractivity contribution >= 4 is 11.9 Å². The maximum atomic E-state index is 11.3. The fraction of sp³-hybridized carbons (Fsp3) is 0.778. The molecule has 6 heteroatoms. The second-order valence-electron chi connectivity index (χ2n) is 4.10. The Bertz CT molecular complexity index is 277. The minimum atomic E-state index is -1.80. The van der Waals surface area contributed by atoms with Crippen LogP contribution in [-0.4, -0.2) is 70.7 Å². The highest BCUT2D eigenvalue weighted by molar-refractivity contribution is 5.79. The molecule has 0 aromatic carbocycles. The molecule has 0 aromatic rings. The maximum absolute atomic E-state index is 11.3. The van der Waals surface area contributed by atoms with E-state index in [1.54, 1.807) is 16.8 Å². The van der Waals surface area contributed by atoms with Crippen molar-refractivity contribution in [2.75, 3.05) is 33.2 Å². The van der Waals surface area contributed by atoms with Gasteiger partial charge in [-0.3, -0.25) is 9.69 Å². The topological polar surface area (TPSA) is 81.1 Å². The van der Waals surface area contributed by atoms with Gasteiger partial charge in [0.15, 0.2) is 5.60 Å². The smallest absolute Gasteiger partial charge is 0.336 e. The van der Waals surface area contributed by atoms with Crippen LogP contribution in [0.4, 0.5) is 0 Å². The highest BCUT2D eigenvalue weighted by Crippen LogP contribution is 2.09. The predicted molar refractivity (Wildman–Crippen MR) is 52.3 cm³/mol. The zero-order valence-electron chi connectivity index (χ0n) is 8.93. The van der Waals surface area contributed by atoms with Gasteiger partial charge in [0.2, 0.25) is 5.91 Å². The highest BCUT2D eigenvalue weighted by atomic mass is 16.4. The third-order valence-corrected chi connectivity index (χ3v) is 2.53. The summed E-state index contributed by atoms with van der Waals surface area (Å²) in [6.07, 6.45) is 0. The number of carbonyl (C=O) groups is 2. The van der Waals surface area contributed by atoms with Gasteiger partial charge in [-0.1, -0.05) is 0 Å². The van der Waals surface area contributed by atoms with Gasteiger partial charge in [-0.15, -0.1) is 0 Å². The second kappa shape index (κ2) is 4.16. The summed E-state index contributed by atoms with van der Waals surface area (Å²) in [5, 5.41) is 18.2. The Morgan fingerprint density at radius 1 is 1.53 bits per heavy atom. The van der Waals surface area contributed by atoms with E-state index >= 15 is 0 Å². The third kappa shape index (κ3) is 2.90. The van der Waals surface area contributed by atoms with E-state index in [1.807, 2.05) is 0 Å². The van der Waals surface area contributed by atoms with Crippen molar-refractivity contribution < 1.29 is 19.8 Å². The molecule has 0 radical (unpaired) electrons. The Balaban J connectivity index is 2.54. The molecule has 6 nitrogen and oxygen atoms in total. The van der Waals surface area contributed by atoms with Gasteiger partial charge < -0.3 is 15.1 Å². The minimum Gasteiger partial charge on any atom is -0.479 e. The molecule has 1 amide bonds. The summed E-state index contributed by atoms with van der Waals surface area (Å²) < 4.78 is 0. The quantitative estimate of drug-likeness (QED) is 0.606. The van der Waals surface area contributed by atoms with E-state index < -0.39 is 11.6 Å². The van der Waals surface area contributed by atoms with Crippen LogP contribution < -0.4 is 0 Å². The number of likely N-dealkylation sites (N-methyl/N-ethyl adjacent to an activating group) is 1. The Morgan fingerprint density at radius 3 is 2.60 bits per heavy atom. The molecule has 0 bridgehead atoms. The SMILES string of the molecule is CN1CCN(CC(C)(O)C(=O)O)CC1=O. The first-order valence-electron chi connectivity index (χ1n) is 4.75. The number of rotatable bonds is 3. The van der Waals surface area contributed by atoms with Crippen molar-refractivity contribution in [3.05, 3.63) is 0 Å². The van der Waals surface area contributed by atoms with Crippen LogP contribution in [0.3, 0.4) is 0 Å². The second-order valence-corrected chi connectivity index (χ2v) is 4.10. The number of carbonyl (C=O) groups excluding carboxylic acids is 1. The number of aliphatic hydroxyl groups is 1. The van der Waals surface area contributed by atoms with Crippen molar-refractivity contribution in [2.24, 2.45) is 0 Å². The van der Waals surface area contributed by atoms with Gasteiger partial charge in [-0.05, 0) is 6.92 Å². The number of β-amino-alcohol motifs (C(OH)–C–C–N with tert-alkyl or cyclic N) is 1. The lowest BCUT2D eigenvalue weighted by molar-refractivity contribution is -0.160. The molecule has 0 spiro atoms. The average Bonchev–Trinajstić information content (AvgIpc) is 2.10. The van der Waals surface area contributed by atoms with Crippen LogP contribution in [0.15, 0.2) is 0 Å². The molecule has 1 atom stereocenters. The first-order valence-corrected chi connectivity index (χ1v) is 4.75. The summed E-state index contributed by atoms with van der Waals surface area (Å²) >= 11 is 0. The molecule has 0 aromatic heterocycles. The van der Waals surface area contributed by atoms with Gasteiger partial charge in [0.05, 0.1) is 6.54 Å². The number of nitrogens with zero attached hydrogens (tertiary/aromatic N) is 2. The molecule has 1 rings (SSSR count). The number of amides is 1. The molecule has 2 N–H and O–H groups in total. The summed E-state index contributed by atoms with van der Waals surface area (Å²) in [4.78, 5) is 25.2. The van der Waals surface area contributed by atoms with E-state index in [9.17, 15) is 14.7 Å². The van der Waals surface area contributed by atoms with Crippen molar-refractivity contribution in [3.8, 4) is 0 Å². The average molecular weight is 216 g/mol. The van der Waals surface area contributed by atoms with Crippen LogP contribution in [0.5, 0.6) is 0 Å². The largest absolute Gasteiger partial charge is 0.479 e. The first-order chi connectivity index (χ1) is 6.83. The van der Waals surface area contributed by atoms with Crippen LogP contribution in [-0.2, 0) is 9.59 Å². The lowest BCUT2D eigenvalue weighted by Crippen LogP contribution is -2.54. The van der Waals surface area contributed by atoms with Crippen molar-refractivity contribution in [1.29, 1.82) is 0 Å². The molecule has 86 valence electrons. The van der Waals surface area contributed by atoms with E-state index in [0.717, 1.165) is 0 Å². The highest BCUT2D eigenvalue weighted by Gasteiger charge is 2.34. The van der Waals surface area contributed by atoms with Gasteiger partial charge in [-0.2, -0.15) is 0 Å². The van der Waals surface area contributed by atoms with E-state index in [-0.39, 0.29) is 19.0 Å². The maximum Gasteiger partial charge on any atom is 0.336 e. The summed E-state index contributed by atoms with van der Waals surface area (Å²) in [6.45, 7) is 2.53. The van der Waals surface area contributed by atoms with Crippen molar-refractivity contribution in [3.63, 3.8) is 0 Å².